The van der Waals surface area contributed by atoms with Crippen LogP contribution in [-0.4, -0.2) is 23.3 Å². The summed E-state index contributed by atoms with van der Waals surface area (Å²) in [5.74, 6) is 0.388. The third kappa shape index (κ3) is 2.76. The number of aryl methyl sites for hydroxylation is 1. The van der Waals surface area contributed by atoms with E-state index in [1.54, 1.807) is 18.4 Å². The molecule has 3 nitrogen and oxygen atoms in total. The Morgan fingerprint density at radius 2 is 1.86 bits per heavy atom. The lowest BCUT2D eigenvalue weighted by Gasteiger charge is -2.05. The highest BCUT2D eigenvalue weighted by Crippen LogP contribution is 2.68. The lowest BCUT2D eigenvalue weighted by Crippen LogP contribution is -2.21. The smallest absolute Gasteiger partial charge is 0.190 e. The first-order valence-corrected chi connectivity index (χ1v) is 8.61. The first-order valence-electron chi connectivity index (χ1n) is 7.39. The minimum atomic E-state index is 0.242. The van der Waals surface area contributed by atoms with Crippen molar-refractivity contribution in [2.45, 2.75) is 48.1 Å². The molecule has 0 atom stereocenters. The van der Waals surface area contributed by atoms with E-state index in [2.05, 4.69) is 46.1 Å². The first kappa shape index (κ1) is 16.8. The van der Waals surface area contributed by atoms with Gasteiger partial charge in [0.1, 0.15) is 4.99 Å². The van der Waals surface area contributed by atoms with E-state index < -0.39 is 0 Å². The molecule has 5 heteroatoms. The second-order valence-corrected chi connectivity index (χ2v) is 8.60. The second-order valence-electron chi connectivity index (χ2n) is 7.00. The summed E-state index contributed by atoms with van der Waals surface area (Å²) in [7, 11) is 1.73. The Morgan fingerprint density at radius 3 is 2.33 bits per heavy atom. The first-order chi connectivity index (χ1) is 9.64. The fraction of sp³-hybridized carbons (Fsp3) is 0.750. The molecule has 1 aromatic rings. The van der Waals surface area contributed by atoms with E-state index in [-0.39, 0.29) is 10.8 Å². The molecule has 0 saturated heterocycles. The summed E-state index contributed by atoms with van der Waals surface area (Å²) in [5, 5.41) is 0. The third-order valence-corrected chi connectivity index (χ3v) is 6.81. The van der Waals surface area contributed by atoms with Gasteiger partial charge in [0.05, 0.1) is 6.61 Å². The molecule has 1 aromatic heterocycles. The van der Waals surface area contributed by atoms with Gasteiger partial charge in [0, 0.05) is 30.1 Å². The van der Waals surface area contributed by atoms with Gasteiger partial charge in [0.15, 0.2) is 4.80 Å². The van der Waals surface area contributed by atoms with Crippen LogP contribution in [0.5, 0.6) is 0 Å². The number of rotatable bonds is 4. The Kier molecular flexibility index (Phi) is 4.49. The van der Waals surface area contributed by atoms with E-state index in [1.807, 2.05) is 0 Å². The van der Waals surface area contributed by atoms with Crippen molar-refractivity contribution in [1.29, 1.82) is 0 Å². The van der Waals surface area contributed by atoms with Crippen molar-refractivity contribution in [3.05, 3.63) is 15.4 Å². The predicted octanol–water partition coefficient (Wildman–Crippen LogP) is 3.72. The lowest BCUT2D eigenvalue weighted by molar-refractivity contribution is 0.186. The van der Waals surface area contributed by atoms with Crippen LogP contribution in [0.2, 0.25) is 0 Å². The highest BCUT2D eigenvalue weighted by molar-refractivity contribution is 7.80. The zero-order valence-corrected chi connectivity index (χ0v) is 15.7. The van der Waals surface area contributed by atoms with E-state index in [1.165, 1.54) is 10.6 Å². The SMILES string of the molecule is COCCn1c(C)c(C)sc1=NC(=S)C1C(C)(C)C1(C)C. The van der Waals surface area contributed by atoms with Gasteiger partial charge in [0.2, 0.25) is 0 Å². The van der Waals surface area contributed by atoms with Gasteiger partial charge in [-0.05, 0) is 24.7 Å². The number of thiocarbonyl (C=S) groups is 1. The van der Waals surface area contributed by atoms with Crippen molar-refractivity contribution in [2.75, 3.05) is 13.7 Å². The molecule has 1 heterocycles. The van der Waals surface area contributed by atoms with E-state index in [9.17, 15) is 0 Å². The van der Waals surface area contributed by atoms with Crippen LogP contribution in [0.3, 0.4) is 0 Å². The molecule has 21 heavy (non-hydrogen) atoms. The fourth-order valence-electron chi connectivity index (χ4n) is 3.10. The summed E-state index contributed by atoms with van der Waals surface area (Å²) in [6, 6.07) is 0. The average Bonchev–Trinajstić information content (AvgIpc) is 2.62. The van der Waals surface area contributed by atoms with Gasteiger partial charge < -0.3 is 9.30 Å². The van der Waals surface area contributed by atoms with Crippen LogP contribution in [0.15, 0.2) is 4.99 Å². The maximum Gasteiger partial charge on any atom is 0.190 e. The van der Waals surface area contributed by atoms with Crippen LogP contribution in [0.4, 0.5) is 0 Å². The number of nitrogens with zero attached hydrogens (tertiary/aromatic N) is 2. The van der Waals surface area contributed by atoms with Crippen molar-refractivity contribution in [1.82, 2.24) is 4.57 Å². The number of methoxy groups -OCH3 is 1. The Balaban J connectivity index is 2.34. The number of ether oxygens (including phenoxy) is 1. The molecule has 0 amide bonds. The molecule has 118 valence electrons. The van der Waals surface area contributed by atoms with Gasteiger partial charge in [-0.2, -0.15) is 0 Å². The molecule has 1 aliphatic rings. The number of aromatic nitrogens is 1. The molecular weight excluding hydrogens is 300 g/mol. The Bertz CT molecular complexity index is 609. The second kappa shape index (κ2) is 5.60. The predicted molar refractivity (Wildman–Crippen MR) is 92.9 cm³/mol. The summed E-state index contributed by atoms with van der Waals surface area (Å²) in [6.07, 6.45) is 0. The molecule has 0 radical (unpaired) electrons. The Labute approximate surface area is 137 Å². The third-order valence-electron chi connectivity index (χ3n) is 5.38. The molecule has 1 aliphatic carbocycles. The maximum absolute atomic E-state index is 5.64. The molecule has 1 fully saturated rings. The zero-order valence-electron chi connectivity index (χ0n) is 14.1. The molecule has 2 rings (SSSR count). The number of hydrogen-bond acceptors (Lipinski definition) is 3. The standard InChI is InChI=1S/C16H26N2OS2/c1-10-11(2)21-14(18(10)8-9-19-7)17-13(20)12-15(3,4)16(12,5)6/h12H,8-9H2,1-7H3. The number of hydrogen-bond donors (Lipinski definition) is 0. The average molecular weight is 327 g/mol. The van der Waals surface area contributed by atoms with Crippen molar-refractivity contribution >= 4 is 28.5 Å². The molecule has 0 spiro atoms. The maximum atomic E-state index is 5.64. The molecule has 0 N–H and O–H groups in total. The van der Waals surface area contributed by atoms with E-state index in [0.29, 0.717) is 12.5 Å². The number of thiazole rings is 1. The van der Waals surface area contributed by atoms with Gasteiger partial charge in [-0.1, -0.05) is 39.9 Å². The van der Waals surface area contributed by atoms with Gasteiger partial charge in [-0.15, -0.1) is 11.3 Å². The Hall–Kier alpha value is -0.520. The molecule has 0 aromatic carbocycles. The van der Waals surface area contributed by atoms with Crippen LogP contribution in [0.25, 0.3) is 0 Å². The summed E-state index contributed by atoms with van der Waals surface area (Å²) in [4.78, 5) is 7.95. The van der Waals surface area contributed by atoms with E-state index >= 15 is 0 Å². The van der Waals surface area contributed by atoms with Gasteiger partial charge in [-0.3, -0.25) is 0 Å². The van der Waals surface area contributed by atoms with Gasteiger partial charge >= 0.3 is 0 Å². The van der Waals surface area contributed by atoms with Crippen LogP contribution < -0.4 is 4.80 Å². The molecule has 0 unspecified atom stereocenters. The van der Waals surface area contributed by atoms with Gasteiger partial charge in [0.25, 0.3) is 0 Å². The highest BCUT2D eigenvalue weighted by Gasteiger charge is 2.66. The summed E-state index contributed by atoms with van der Waals surface area (Å²) in [6.45, 7) is 14.9. The minimum Gasteiger partial charge on any atom is -0.383 e. The molecular formula is C16H26N2OS2. The molecule has 1 saturated carbocycles. The van der Waals surface area contributed by atoms with Crippen molar-refractivity contribution < 1.29 is 4.74 Å². The largest absolute Gasteiger partial charge is 0.383 e. The fourth-order valence-corrected chi connectivity index (χ4v) is 4.85. The quantitative estimate of drug-likeness (QED) is 0.788. The van der Waals surface area contributed by atoms with Crippen LogP contribution in [0.1, 0.15) is 38.3 Å². The van der Waals surface area contributed by atoms with Crippen LogP contribution in [0, 0.1) is 30.6 Å². The topological polar surface area (TPSA) is 26.5 Å². The minimum absolute atomic E-state index is 0.242. The van der Waals surface area contributed by atoms with Crippen molar-refractivity contribution in [3.63, 3.8) is 0 Å². The summed E-state index contributed by atoms with van der Waals surface area (Å²) >= 11 is 7.36. The zero-order chi connectivity index (χ0) is 16.0. The monoisotopic (exact) mass is 326 g/mol. The normalized spacial score (nSPS) is 20.8. The van der Waals surface area contributed by atoms with Crippen LogP contribution >= 0.6 is 23.6 Å². The van der Waals surface area contributed by atoms with E-state index in [4.69, 9.17) is 21.9 Å². The van der Waals surface area contributed by atoms with Crippen molar-refractivity contribution in [3.8, 4) is 0 Å². The van der Waals surface area contributed by atoms with E-state index in [0.717, 1.165) is 16.3 Å². The Morgan fingerprint density at radius 1 is 1.29 bits per heavy atom. The van der Waals surface area contributed by atoms with Crippen molar-refractivity contribution in [2.24, 2.45) is 21.7 Å². The lowest BCUT2D eigenvalue weighted by atomic mass is 10.0. The summed E-state index contributed by atoms with van der Waals surface area (Å²) < 4.78 is 7.43. The highest BCUT2D eigenvalue weighted by atomic mass is 32.1. The summed E-state index contributed by atoms with van der Waals surface area (Å²) in [5.41, 5.74) is 1.74. The molecule has 0 bridgehead atoms. The molecule has 0 aliphatic heterocycles. The van der Waals surface area contributed by atoms with Gasteiger partial charge in [-0.25, -0.2) is 4.99 Å². The van der Waals surface area contributed by atoms with Crippen LogP contribution in [-0.2, 0) is 11.3 Å².